The molecule has 0 unspecified atom stereocenters. The highest BCUT2D eigenvalue weighted by Gasteiger charge is 2.48. The van der Waals surface area contributed by atoms with E-state index in [9.17, 15) is 59.4 Å². The number of benzene rings is 3. The zero-order chi connectivity index (χ0) is 56.8. The first-order chi connectivity index (χ1) is 38.8. The lowest BCUT2D eigenvalue weighted by molar-refractivity contribution is -0.172. The van der Waals surface area contributed by atoms with Gasteiger partial charge >= 0.3 is 17.9 Å². The van der Waals surface area contributed by atoms with Crippen LogP contribution in [0.3, 0.4) is 0 Å². The standard InChI is InChI=1S/3C20H16N2O5/c3*1-2-20(26)14-7-16-17-11(5-10-6-12(23)3-4-15(10)21-17)8-22(16)18(24)13(14)9-27-19(20)25/h3*3-7,23,26H,2,8-9H2,1H3/t3*20-/m000/s1. The Bertz CT molecular complexity index is 4090. The van der Waals surface area contributed by atoms with Gasteiger partial charge in [-0.05, 0) is 110 Å². The van der Waals surface area contributed by atoms with Crippen molar-refractivity contribution in [3.63, 3.8) is 0 Å². The molecule has 0 fully saturated rings. The minimum absolute atomic E-state index is 0.110. The predicted octanol–water partition coefficient (Wildman–Crippen LogP) is 5.36. The normalized spacial score (nSPS) is 20.1. The Kier molecular flexibility index (Phi) is 11.3. The summed E-state index contributed by atoms with van der Waals surface area (Å²) in [5, 5.41) is 63.9. The Morgan fingerprint density at radius 3 is 0.951 bits per heavy atom. The number of carbonyl (C=O) groups is 3. The van der Waals surface area contributed by atoms with E-state index >= 15 is 0 Å². The number of hydrogen-bond donors (Lipinski definition) is 6. The number of phenols is 3. The number of aromatic nitrogens is 6. The van der Waals surface area contributed by atoms with Crippen LogP contribution in [0.15, 0.2) is 105 Å². The average Bonchev–Trinajstić information content (AvgIpc) is 4.21. The third-order valence-electron chi connectivity index (χ3n) is 16.5. The Hall–Kier alpha value is -9.57. The van der Waals surface area contributed by atoms with Gasteiger partial charge in [0.1, 0.15) is 37.1 Å². The summed E-state index contributed by atoms with van der Waals surface area (Å²) in [5.74, 6) is -1.76. The summed E-state index contributed by atoms with van der Waals surface area (Å²) in [6.07, 6.45) is 0.330. The molecule has 21 heteroatoms. The number of ether oxygens (including phenoxy) is 3. The fourth-order valence-corrected chi connectivity index (χ4v) is 11.9. The summed E-state index contributed by atoms with van der Waals surface area (Å²) < 4.78 is 19.9. The lowest BCUT2D eigenvalue weighted by Crippen LogP contribution is -2.44. The van der Waals surface area contributed by atoms with Crippen molar-refractivity contribution < 1.29 is 59.2 Å². The van der Waals surface area contributed by atoms with Gasteiger partial charge < -0.3 is 58.6 Å². The van der Waals surface area contributed by atoms with E-state index in [1.807, 2.05) is 18.2 Å². The molecule has 3 atom stereocenters. The quantitative estimate of drug-likeness (QED) is 0.0959. The SMILES string of the molecule is CC[C@@]1(O)C(=O)OCc2c1cc1n(c2=O)Cc2cc3cc(O)ccc3nc2-1.CC[C@@]1(O)C(=O)OCc2c1cc1n(c2=O)Cc2cc3cc(O)ccc3nc2-1.CC[C@@]1(O)C(=O)OCc2c1cc1n(c2=O)Cc2cc3cc(O)ccc3nc2-1. The summed E-state index contributed by atoms with van der Waals surface area (Å²) in [6.45, 7) is 5.61. The molecule has 408 valence electrons. The number of pyridine rings is 6. The third kappa shape index (κ3) is 7.52. The number of phenolic OH excluding ortho intramolecular Hbond substituents is 3. The van der Waals surface area contributed by atoms with E-state index in [1.165, 1.54) is 0 Å². The van der Waals surface area contributed by atoms with Crippen molar-refractivity contribution in [3.05, 3.63) is 172 Å². The van der Waals surface area contributed by atoms with E-state index in [1.54, 1.807) is 107 Å². The smallest absolute Gasteiger partial charge is 0.343 e. The molecule has 0 spiro atoms. The second-order valence-electron chi connectivity index (χ2n) is 20.9. The number of rotatable bonds is 3. The summed E-state index contributed by atoms with van der Waals surface area (Å²) in [7, 11) is 0. The lowest BCUT2D eigenvalue weighted by atomic mass is 9.86. The van der Waals surface area contributed by atoms with E-state index in [0.29, 0.717) is 104 Å². The second kappa shape index (κ2) is 18.0. The largest absolute Gasteiger partial charge is 0.508 e. The van der Waals surface area contributed by atoms with Gasteiger partial charge in [0.05, 0.1) is 87.0 Å². The second-order valence-corrected chi connectivity index (χ2v) is 20.9. The number of carbonyl (C=O) groups excluding carboxylic acids is 3. The molecular formula is C60H48N6O15. The number of fused-ring (bicyclic) bond motifs is 15. The Morgan fingerprint density at radius 2 is 0.691 bits per heavy atom. The van der Waals surface area contributed by atoms with Gasteiger partial charge in [0, 0.05) is 49.5 Å². The molecule has 6 aliphatic heterocycles. The maximum Gasteiger partial charge on any atom is 0.343 e. The first kappa shape index (κ1) is 50.9. The summed E-state index contributed by atoms with van der Waals surface area (Å²) in [6, 6.07) is 25.4. The van der Waals surface area contributed by atoms with Crippen molar-refractivity contribution in [3.8, 4) is 51.4 Å². The Balaban J connectivity index is 0.000000114. The summed E-state index contributed by atoms with van der Waals surface area (Å²) in [5.41, 5.74) is 3.75. The van der Waals surface area contributed by atoms with Crippen molar-refractivity contribution in [1.82, 2.24) is 28.7 Å². The zero-order valence-corrected chi connectivity index (χ0v) is 43.6. The van der Waals surface area contributed by atoms with E-state index in [2.05, 4.69) is 15.0 Å². The third-order valence-corrected chi connectivity index (χ3v) is 16.5. The first-order valence-corrected chi connectivity index (χ1v) is 26.2. The molecule has 6 aromatic heterocycles. The van der Waals surface area contributed by atoms with Crippen LogP contribution in [0, 0.1) is 0 Å². The van der Waals surface area contributed by atoms with Crippen LogP contribution in [0.5, 0.6) is 17.2 Å². The molecule has 0 bridgehead atoms. The summed E-state index contributed by atoms with van der Waals surface area (Å²) in [4.78, 5) is 89.5. The van der Waals surface area contributed by atoms with E-state index in [4.69, 9.17) is 14.2 Å². The van der Waals surface area contributed by atoms with Crippen LogP contribution in [0.4, 0.5) is 0 Å². The van der Waals surface area contributed by atoms with Crippen LogP contribution < -0.4 is 16.7 Å². The van der Waals surface area contributed by atoms with Gasteiger partial charge in [0.2, 0.25) is 0 Å². The van der Waals surface area contributed by atoms with Gasteiger partial charge in [0.25, 0.3) is 16.7 Å². The molecule has 0 radical (unpaired) electrons. The van der Waals surface area contributed by atoms with Crippen LogP contribution in [-0.4, -0.2) is 77.2 Å². The number of nitrogens with zero attached hydrogens (tertiary/aromatic N) is 6. The van der Waals surface area contributed by atoms with Crippen LogP contribution in [-0.2, 0) is 84.9 Å². The molecule has 15 rings (SSSR count). The highest BCUT2D eigenvalue weighted by atomic mass is 16.6. The van der Waals surface area contributed by atoms with Gasteiger partial charge in [-0.25, -0.2) is 29.3 Å². The molecule has 6 N–H and O–H groups in total. The summed E-state index contributed by atoms with van der Waals surface area (Å²) >= 11 is 0. The average molecular weight is 1090 g/mol. The van der Waals surface area contributed by atoms with Crippen molar-refractivity contribution in [2.45, 2.75) is 96.3 Å². The molecule has 0 saturated carbocycles. The lowest BCUT2D eigenvalue weighted by Gasteiger charge is -2.31. The minimum atomic E-state index is -1.83. The minimum Gasteiger partial charge on any atom is -0.508 e. The van der Waals surface area contributed by atoms with Crippen LogP contribution >= 0.6 is 0 Å². The van der Waals surface area contributed by atoms with E-state index in [-0.39, 0.29) is 73.0 Å². The zero-order valence-electron chi connectivity index (χ0n) is 43.6. The van der Waals surface area contributed by atoms with Gasteiger partial charge in [0.15, 0.2) is 16.8 Å². The number of cyclic esters (lactones) is 3. The molecule has 81 heavy (non-hydrogen) atoms. The van der Waals surface area contributed by atoms with Crippen LogP contribution in [0.1, 0.15) is 90.1 Å². The molecule has 0 aliphatic carbocycles. The van der Waals surface area contributed by atoms with Crippen molar-refractivity contribution >= 4 is 50.6 Å². The van der Waals surface area contributed by atoms with Gasteiger partial charge in [-0.2, -0.15) is 0 Å². The topological polar surface area (TPSA) is 305 Å². The maximum atomic E-state index is 13.0. The molecule has 6 aliphatic rings. The Morgan fingerprint density at radius 1 is 0.420 bits per heavy atom. The Labute approximate surface area is 456 Å². The van der Waals surface area contributed by atoms with Crippen LogP contribution in [0.25, 0.3) is 66.9 Å². The molecular weight excluding hydrogens is 1040 g/mol. The fourth-order valence-electron chi connectivity index (χ4n) is 11.9. The van der Waals surface area contributed by atoms with Crippen molar-refractivity contribution in [2.24, 2.45) is 0 Å². The maximum absolute atomic E-state index is 13.0. The van der Waals surface area contributed by atoms with Gasteiger partial charge in [-0.3, -0.25) is 14.4 Å². The van der Waals surface area contributed by atoms with Crippen molar-refractivity contribution in [1.29, 1.82) is 0 Å². The van der Waals surface area contributed by atoms with Gasteiger partial charge in [-0.1, -0.05) is 20.8 Å². The number of esters is 3. The number of aromatic hydroxyl groups is 3. The predicted molar refractivity (Wildman–Crippen MR) is 289 cm³/mol. The molecule has 21 nitrogen and oxygen atoms in total. The monoisotopic (exact) mass is 1090 g/mol. The van der Waals surface area contributed by atoms with Crippen LogP contribution in [0.2, 0.25) is 0 Å². The molecule has 12 heterocycles. The van der Waals surface area contributed by atoms with Gasteiger partial charge in [-0.15, -0.1) is 0 Å². The van der Waals surface area contributed by atoms with E-state index in [0.717, 1.165) is 32.8 Å². The number of hydrogen-bond acceptors (Lipinski definition) is 18. The molecule has 9 aromatic rings. The highest BCUT2D eigenvalue weighted by molar-refractivity contribution is 5.90. The first-order valence-electron chi connectivity index (χ1n) is 26.2. The molecule has 0 amide bonds. The highest BCUT2D eigenvalue weighted by Crippen LogP contribution is 2.43. The number of aliphatic hydroxyl groups is 3. The molecule has 3 aromatic carbocycles. The van der Waals surface area contributed by atoms with E-state index < -0.39 is 34.7 Å². The van der Waals surface area contributed by atoms with Crippen molar-refractivity contribution in [2.75, 3.05) is 0 Å². The fraction of sp³-hybridized carbons (Fsp3) is 0.250. The molecule has 0 saturated heterocycles.